The molecule has 3 rings (SSSR count). The molecule has 0 bridgehead atoms. The van der Waals surface area contributed by atoms with Crippen LogP contribution in [0.25, 0.3) is 10.2 Å². The van der Waals surface area contributed by atoms with Crippen LogP contribution in [0, 0.1) is 11.7 Å². The summed E-state index contributed by atoms with van der Waals surface area (Å²) in [7, 11) is 0. The Bertz CT molecular complexity index is 824. The van der Waals surface area contributed by atoms with E-state index in [1.54, 1.807) is 22.1 Å². The Morgan fingerprint density at radius 2 is 2.39 bits per heavy atom. The molecule has 0 aliphatic rings. The number of nitrogens with zero attached hydrogens (tertiary/aromatic N) is 2. The summed E-state index contributed by atoms with van der Waals surface area (Å²) in [6.07, 6.45) is 1.81. The summed E-state index contributed by atoms with van der Waals surface area (Å²) in [6.45, 7) is 2.42. The maximum atomic E-state index is 12.3. The number of H-pyrrole nitrogens is 1. The topological polar surface area (TPSA) is 50.7 Å². The summed E-state index contributed by atoms with van der Waals surface area (Å²) in [4.78, 5) is 21.6. The summed E-state index contributed by atoms with van der Waals surface area (Å²) in [5.41, 5.74) is -0.0529. The van der Waals surface area contributed by atoms with Crippen molar-refractivity contribution >= 4 is 45.1 Å². The van der Waals surface area contributed by atoms with Gasteiger partial charge in [-0.15, -0.1) is 22.7 Å². The molecule has 7 heteroatoms. The van der Waals surface area contributed by atoms with E-state index < -0.39 is 0 Å². The number of thiazole rings is 1. The largest absolute Gasteiger partial charge is 0.323 e. The van der Waals surface area contributed by atoms with Gasteiger partial charge in [0, 0.05) is 11.1 Å². The highest BCUT2D eigenvalue weighted by Crippen LogP contribution is 2.16. The zero-order chi connectivity index (χ0) is 12.7. The summed E-state index contributed by atoms with van der Waals surface area (Å²) in [5, 5.41) is 3.46. The third-order valence-electron chi connectivity index (χ3n) is 2.57. The highest BCUT2D eigenvalue weighted by atomic mass is 32.1. The number of thiophene rings is 1. The maximum absolute atomic E-state index is 12.3. The molecule has 18 heavy (non-hydrogen) atoms. The molecule has 3 aromatic heterocycles. The van der Waals surface area contributed by atoms with Gasteiger partial charge in [0.2, 0.25) is 0 Å². The van der Waals surface area contributed by atoms with E-state index in [2.05, 4.69) is 9.97 Å². The standard InChI is InChI=1S/C11H9N3OS3/c1-6-4-12-8(18-6)5-14-10(15)7-2-3-17-9(7)13-11(14)16/h2-4H,5H2,1H3,(H,13,16). The number of rotatable bonds is 2. The summed E-state index contributed by atoms with van der Waals surface area (Å²) >= 11 is 8.30. The lowest BCUT2D eigenvalue weighted by molar-refractivity contribution is 0.731. The number of nitrogens with one attached hydrogen (secondary N) is 1. The van der Waals surface area contributed by atoms with Crippen LogP contribution in [0.2, 0.25) is 0 Å². The predicted octanol–water partition coefficient (Wildman–Crippen LogP) is 2.93. The number of fused-ring (bicyclic) bond motifs is 1. The van der Waals surface area contributed by atoms with Crippen LogP contribution in [0.3, 0.4) is 0 Å². The molecule has 0 aliphatic carbocycles. The molecular weight excluding hydrogens is 286 g/mol. The van der Waals surface area contributed by atoms with Gasteiger partial charge in [0.15, 0.2) is 4.77 Å². The fourth-order valence-electron chi connectivity index (χ4n) is 1.73. The summed E-state index contributed by atoms with van der Waals surface area (Å²) < 4.78 is 2.01. The molecule has 92 valence electrons. The van der Waals surface area contributed by atoms with Crippen molar-refractivity contribution < 1.29 is 0 Å². The molecule has 0 radical (unpaired) electrons. The van der Waals surface area contributed by atoms with E-state index in [0.29, 0.717) is 16.7 Å². The van der Waals surface area contributed by atoms with Crippen LogP contribution in [-0.4, -0.2) is 14.5 Å². The van der Waals surface area contributed by atoms with Gasteiger partial charge in [-0.2, -0.15) is 0 Å². The molecule has 0 saturated heterocycles. The Hall–Kier alpha value is -1.31. The Labute approximate surface area is 116 Å². The highest BCUT2D eigenvalue weighted by Gasteiger charge is 2.08. The Balaban J connectivity index is 2.17. The van der Waals surface area contributed by atoms with Crippen molar-refractivity contribution in [2.45, 2.75) is 13.5 Å². The van der Waals surface area contributed by atoms with E-state index >= 15 is 0 Å². The number of hydrogen-bond acceptors (Lipinski definition) is 5. The minimum absolute atomic E-state index is 0.0529. The molecule has 0 amide bonds. The molecule has 4 nitrogen and oxygen atoms in total. The summed E-state index contributed by atoms with van der Waals surface area (Å²) in [6, 6.07) is 1.82. The first kappa shape index (κ1) is 11.8. The van der Waals surface area contributed by atoms with Crippen LogP contribution in [0.5, 0.6) is 0 Å². The van der Waals surface area contributed by atoms with Crippen molar-refractivity contribution in [1.82, 2.24) is 14.5 Å². The first-order valence-electron chi connectivity index (χ1n) is 5.27. The Kier molecular flexibility index (Phi) is 2.89. The second-order valence-electron chi connectivity index (χ2n) is 3.85. The lowest BCUT2D eigenvalue weighted by Gasteiger charge is -2.03. The van der Waals surface area contributed by atoms with Crippen molar-refractivity contribution in [1.29, 1.82) is 0 Å². The van der Waals surface area contributed by atoms with E-state index in [4.69, 9.17) is 12.2 Å². The molecule has 1 N–H and O–H groups in total. The van der Waals surface area contributed by atoms with E-state index in [1.807, 2.05) is 18.4 Å². The second-order valence-corrected chi connectivity index (χ2v) is 6.47. The van der Waals surface area contributed by atoms with Crippen LogP contribution < -0.4 is 5.56 Å². The van der Waals surface area contributed by atoms with Crippen molar-refractivity contribution in [3.05, 3.63) is 42.7 Å². The monoisotopic (exact) mass is 295 g/mol. The first-order chi connectivity index (χ1) is 8.65. The lowest BCUT2D eigenvalue weighted by atomic mass is 10.4. The van der Waals surface area contributed by atoms with Crippen molar-refractivity contribution in [3.8, 4) is 0 Å². The maximum Gasteiger partial charge on any atom is 0.263 e. The Morgan fingerprint density at radius 1 is 1.56 bits per heavy atom. The molecule has 0 atom stereocenters. The third-order valence-corrected chi connectivity index (χ3v) is 4.62. The minimum Gasteiger partial charge on any atom is -0.323 e. The number of aryl methyl sites for hydroxylation is 1. The van der Waals surface area contributed by atoms with Crippen LogP contribution in [0.1, 0.15) is 9.88 Å². The van der Waals surface area contributed by atoms with Gasteiger partial charge in [-0.3, -0.25) is 9.36 Å². The van der Waals surface area contributed by atoms with Crippen molar-refractivity contribution in [2.24, 2.45) is 0 Å². The van der Waals surface area contributed by atoms with E-state index in [0.717, 1.165) is 14.7 Å². The highest BCUT2D eigenvalue weighted by molar-refractivity contribution is 7.71. The lowest BCUT2D eigenvalue weighted by Crippen LogP contribution is -2.22. The fraction of sp³-hybridized carbons (Fsp3) is 0.182. The second kappa shape index (κ2) is 4.42. The van der Waals surface area contributed by atoms with Crippen LogP contribution in [0.4, 0.5) is 0 Å². The van der Waals surface area contributed by atoms with Gasteiger partial charge in [-0.25, -0.2) is 4.98 Å². The van der Waals surface area contributed by atoms with E-state index in [1.165, 1.54) is 11.3 Å². The molecule has 0 saturated carbocycles. The van der Waals surface area contributed by atoms with Gasteiger partial charge < -0.3 is 4.98 Å². The molecule has 0 unspecified atom stereocenters. The normalized spacial score (nSPS) is 11.2. The van der Waals surface area contributed by atoms with Gasteiger partial charge in [0.1, 0.15) is 9.84 Å². The quantitative estimate of drug-likeness (QED) is 0.740. The van der Waals surface area contributed by atoms with Crippen LogP contribution >= 0.6 is 34.9 Å². The van der Waals surface area contributed by atoms with Crippen molar-refractivity contribution in [2.75, 3.05) is 0 Å². The van der Waals surface area contributed by atoms with Gasteiger partial charge >= 0.3 is 0 Å². The van der Waals surface area contributed by atoms with Gasteiger partial charge in [0.25, 0.3) is 5.56 Å². The number of aromatic amines is 1. The van der Waals surface area contributed by atoms with Crippen molar-refractivity contribution in [3.63, 3.8) is 0 Å². The Morgan fingerprint density at radius 3 is 3.11 bits per heavy atom. The molecule has 0 aromatic carbocycles. The van der Waals surface area contributed by atoms with Gasteiger partial charge in [0.05, 0.1) is 11.9 Å². The number of aromatic nitrogens is 3. The summed E-state index contributed by atoms with van der Waals surface area (Å²) in [5.74, 6) is 0. The van der Waals surface area contributed by atoms with Crippen LogP contribution in [0.15, 0.2) is 22.4 Å². The SMILES string of the molecule is Cc1cnc(Cn2c(=S)[nH]c3sccc3c2=O)s1. The zero-order valence-electron chi connectivity index (χ0n) is 9.47. The fourth-order valence-corrected chi connectivity index (χ4v) is 3.60. The van der Waals surface area contributed by atoms with E-state index in [9.17, 15) is 4.79 Å². The smallest absolute Gasteiger partial charge is 0.263 e. The molecule has 3 aromatic rings. The molecule has 3 heterocycles. The molecule has 0 fully saturated rings. The average Bonchev–Trinajstić information content (AvgIpc) is 2.93. The third kappa shape index (κ3) is 1.94. The zero-order valence-corrected chi connectivity index (χ0v) is 11.9. The predicted molar refractivity (Wildman–Crippen MR) is 77.2 cm³/mol. The average molecular weight is 295 g/mol. The van der Waals surface area contributed by atoms with E-state index in [-0.39, 0.29) is 5.56 Å². The van der Waals surface area contributed by atoms with Gasteiger partial charge in [-0.05, 0) is 30.6 Å². The molecule has 0 aliphatic heterocycles. The number of hydrogen-bond donors (Lipinski definition) is 1. The van der Waals surface area contributed by atoms with Gasteiger partial charge in [-0.1, -0.05) is 0 Å². The van der Waals surface area contributed by atoms with Crippen LogP contribution in [-0.2, 0) is 6.54 Å². The molecular formula is C11H9N3OS3. The molecule has 0 spiro atoms. The minimum atomic E-state index is -0.0529. The first-order valence-corrected chi connectivity index (χ1v) is 7.37.